The summed E-state index contributed by atoms with van der Waals surface area (Å²) >= 11 is 0. The Bertz CT molecular complexity index is 839. The first-order valence-electron chi connectivity index (χ1n) is 10.5. The standard InChI is InChI=1S/C21H20O6.C3H8.C2H6/c1-26-20-11-14(5-9-18(20)24)3-7-16(22)13-17(23)8-4-15-6-10-19(25)21(12-15)27-2;1-3-2;1-2/h3-12,24-25H,13H2,1-2H3;3H2,1-2H3;1-2H3/b7-3+,8-4+;;. The number of allylic oxidation sites excluding steroid dienone is 2. The lowest BCUT2D eigenvalue weighted by molar-refractivity contribution is -0.121. The van der Waals surface area contributed by atoms with Gasteiger partial charge in [0.1, 0.15) is 0 Å². The lowest BCUT2D eigenvalue weighted by atomic mass is 10.1. The number of carbonyl (C=O) groups is 2. The number of hydrogen-bond acceptors (Lipinski definition) is 6. The Labute approximate surface area is 190 Å². The minimum absolute atomic E-state index is 0.00662. The van der Waals surface area contributed by atoms with Crippen molar-refractivity contribution in [1.82, 2.24) is 0 Å². The van der Waals surface area contributed by atoms with Gasteiger partial charge in [0.05, 0.1) is 20.6 Å². The van der Waals surface area contributed by atoms with Crippen molar-refractivity contribution >= 4 is 23.7 Å². The second kappa shape index (κ2) is 16.2. The van der Waals surface area contributed by atoms with Crippen LogP contribution in [0, 0.1) is 0 Å². The molecule has 0 atom stereocenters. The van der Waals surface area contributed by atoms with E-state index in [0.29, 0.717) is 22.6 Å². The molecule has 0 aromatic heterocycles. The average molecular weight is 443 g/mol. The number of phenols is 2. The molecule has 2 rings (SSSR count). The first-order chi connectivity index (χ1) is 15.3. The number of aromatic hydroxyl groups is 2. The fraction of sp³-hybridized carbons (Fsp3) is 0.308. The van der Waals surface area contributed by atoms with Gasteiger partial charge in [-0.3, -0.25) is 9.59 Å². The third-order valence-electron chi connectivity index (χ3n) is 3.68. The van der Waals surface area contributed by atoms with Gasteiger partial charge in [-0.15, -0.1) is 0 Å². The number of phenolic OH excluding ortho intramolecular Hbond substituents is 2. The van der Waals surface area contributed by atoms with Crippen molar-refractivity contribution < 1.29 is 29.3 Å². The molecule has 174 valence electrons. The number of methoxy groups -OCH3 is 2. The van der Waals surface area contributed by atoms with E-state index < -0.39 is 0 Å². The summed E-state index contributed by atoms with van der Waals surface area (Å²) in [4.78, 5) is 23.9. The molecule has 6 nitrogen and oxygen atoms in total. The summed E-state index contributed by atoms with van der Waals surface area (Å²) in [5.41, 5.74) is 1.33. The van der Waals surface area contributed by atoms with E-state index in [0.717, 1.165) is 0 Å². The molecule has 0 radical (unpaired) electrons. The van der Waals surface area contributed by atoms with E-state index in [1.54, 1.807) is 36.4 Å². The second-order valence-electron chi connectivity index (χ2n) is 6.35. The van der Waals surface area contributed by atoms with Gasteiger partial charge in [0.25, 0.3) is 0 Å². The minimum atomic E-state index is -0.347. The molecule has 0 unspecified atom stereocenters. The van der Waals surface area contributed by atoms with Crippen LogP contribution in [0.2, 0.25) is 0 Å². The Morgan fingerprint density at radius 1 is 0.781 bits per heavy atom. The van der Waals surface area contributed by atoms with Gasteiger partial charge in [-0.05, 0) is 47.5 Å². The van der Waals surface area contributed by atoms with Gasteiger partial charge < -0.3 is 19.7 Å². The lowest BCUT2D eigenvalue weighted by Crippen LogP contribution is -2.01. The van der Waals surface area contributed by atoms with E-state index in [2.05, 4.69) is 13.8 Å². The van der Waals surface area contributed by atoms with Gasteiger partial charge in [0.2, 0.25) is 0 Å². The quantitative estimate of drug-likeness (QED) is 0.396. The second-order valence-corrected chi connectivity index (χ2v) is 6.35. The molecule has 0 saturated heterocycles. The van der Waals surface area contributed by atoms with E-state index in [-0.39, 0.29) is 29.5 Å². The van der Waals surface area contributed by atoms with Crippen LogP contribution in [0.15, 0.2) is 48.6 Å². The molecule has 2 aromatic carbocycles. The number of hydrogen-bond donors (Lipinski definition) is 2. The highest BCUT2D eigenvalue weighted by atomic mass is 16.5. The molecule has 0 amide bonds. The highest BCUT2D eigenvalue weighted by Crippen LogP contribution is 2.27. The Morgan fingerprint density at radius 2 is 1.12 bits per heavy atom. The van der Waals surface area contributed by atoms with Crippen molar-refractivity contribution in [2.45, 2.75) is 40.5 Å². The van der Waals surface area contributed by atoms with Gasteiger partial charge in [-0.25, -0.2) is 0 Å². The van der Waals surface area contributed by atoms with Crippen molar-refractivity contribution in [1.29, 1.82) is 0 Å². The summed E-state index contributed by atoms with van der Waals surface area (Å²) in [5, 5.41) is 19.1. The van der Waals surface area contributed by atoms with Crippen molar-refractivity contribution in [3.05, 3.63) is 59.7 Å². The van der Waals surface area contributed by atoms with Crippen molar-refractivity contribution in [2.75, 3.05) is 14.2 Å². The van der Waals surface area contributed by atoms with Gasteiger partial charge in [0.15, 0.2) is 34.6 Å². The smallest absolute Gasteiger partial charge is 0.163 e. The number of ether oxygens (including phenoxy) is 2. The maximum Gasteiger partial charge on any atom is 0.163 e. The van der Waals surface area contributed by atoms with E-state index in [1.807, 2.05) is 13.8 Å². The van der Waals surface area contributed by atoms with Crippen LogP contribution >= 0.6 is 0 Å². The van der Waals surface area contributed by atoms with Gasteiger partial charge in [0, 0.05) is 0 Å². The van der Waals surface area contributed by atoms with E-state index in [4.69, 9.17) is 9.47 Å². The molecular weight excluding hydrogens is 408 g/mol. The Hall–Kier alpha value is -3.54. The summed E-state index contributed by atoms with van der Waals surface area (Å²) in [7, 11) is 2.87. The number of rotatable bonds is 8. The fourth-order valence-electron chi connectivity index (χ4n) is 2.26. The van der Waals surface area contributed by atoms with Gasteiger partial charge in [-0.1, -0.05) is 58.4 Å². The molecule has 0 spiro atoms. The molecule has 0 bridgehead atoms. The molecule has 0 fully saturated rings. The van der Waals surface area contributed by atoms with Crippen LogP contribution in [0.25, 0.3) is 12.2 Å². The monoisotopic (exact) mass is 442 g/mol. The Kier molecular flexibility index (Phi) is 14.4. The maximum atomic E-state index is 11.9. The van der Waals surface area contributed by atoms with E-state index in [1.165, 1.54) is 44.9 Å². The summed E-state index contributed by atoms with van der Waals surface area (Å²) in [6.07, 6.45) is 6.69. The summed E-state index contributed by atoms with van der Waals surface area (Å²) in [6.45, 7) is 8.25. The molecule has 0 heterocycles. The minimum Gasteiger partial charge on any atom is -0.504 e. The topological polar surface area (TPSA) is 93.1 Å². The summed E-state index contributed by atoms with van der Waals surface area (Å²) in [6, 6.07) is 9.34. The molecule has 32 heavy (non-hydrogen) atoms. The van der Waals surface area contributed by atoms with Crippen LogP contribution in [0.5, 0.6) is 23.0 Å². The number of carbonyl (C=O) groups excluding carboxylic acids is 2. The molecule has 0 aliphatic heterocycles. The number of benzene rings is 2. The highest BCUT2D eigenvalue weighted by Gasteiger charge is 2.06. The SMILES string of the molecule is CC.CCC.COc1cc(/C=C/C(=O)CC(=O)/C=C/c2ccc(O)c(OC)c2)ccc1O. The first kappa shape index (κ1) is 28.5. The van der Waals surface area contributed by atoms with E-state index in [9.17, 15) is 19.8 Å². The average Bonchev–Trinajstić information content (AvgIpc) is 2.79. The largest absolute Gasteiger partial charge is 0.504 e. The van der Waals surface area contributed by atoms with Crippen LogP contribution in [-0.2, 0) is 9.59 Å². The summed E-state index contributed by atoms with van der Waals surface area (Å²) in [5.74, 6) is -0.0832. The molecule has 0 saturated carbocycles. The molecule has 2 aromatic rings. The van der Waals surface area contributed by atoms with Crippen LogP contribution in [0.4, 0.5) is 0 Å². The van der Waals surface area contributed by atoms with Crippen LogP contribution in [-0.4, -0.2) is 36.0 Å². The molecule has 0 aliphatic rings. The first-order valence-corrected chi connectivity index (χ1v) is 10.5. The maximum absolute atomic E-state index is 11.9. The normalized spacial score (nSPS) is 10.1. The van der Waals surface area contributed by atoms with Gasteiger partial charge in [-0.2, -0.15) is 0 Å². The van der Waals surface area contributed by atoms with Crippen LogP contribution in [0.1, 0.15) is 51.7 Å². The predicted octanol–water partition coefficient (Wildman–Crippen LogP) is 5.81. The van der Waals surface area contributed by atoms with Crippen molar-refractivity contribution in [2.24, 2.45) is 0 Å². The van der Waals surface area contributed by atoms with Crippen LogP contribution < -0.4 is 9.47 Å². The Morgan fingerprint density at radius 3 is 1.44 bits per heavy atom. The predicted molar refractivity (Wildman–Crippen MR) is 129 cm³/mol. The Balaban J connectivity index is 0.00000177. The highest BCUT2D eigenvalue weighted by molar-refractivity contribution is 6.10. The van der Waals surface area contributed by atoms with E-state index >= 15 is 0 Å². The lowest BCUT2D eigenvalue weighted by Gasteiger charge is -2.03. The zero-order chi connectivity index (χ0) is 24.5. The molecular formula is C26H34O6. The fourth-order valence-corrected chi connectivity index (χ4v) is 2.26. The van der Waals surface area contributed by atoms with Gasteiger partial charge >= 0.3 is 0 Å². The van der Waals surface area contributed by atoms with Crippen molar-refractivity contribution in [3.63, 3.8) is 0 Å². The van der Waals surface area contributed by atoms with Crippen LogP contribution in [0.3, 0.4) is 0 Å². The molecule has 2 N–H and O–H groups in total. The van der Waals surface area contributed by atoms with Crippen molar-refractivity contribution in [3.8, 4) is 23.0 Å². The zero-order valence-electron chi connectivity index (χ0n) is 19.7. The number of ketones is 2. The zero-order valence-corrected chi connectivity index (χ0v) is 19.7. The molecule has 6 heteroatoms. The summed E-state index contributed by atoms with van der Waals surface area (Å²) < 4.78 is 10.00. The third kappa shape index (κ3) is 10.5. The third-order valence-corrected chi connectivity index (χ3v) is 3.68. The molecule has 0 aliphatic carbocycles.